The fourth-order valence-electron chi connectivity index (χ4n) is 2.17. The van der Waals surface area contributed by atoms with Crippen molar-refractivity contribution in [3.63, 3.8) is 0 Å². The summed E-state index contributed by atoms with van der Waals surface area (Å²) in [6.07, 6.45) is 0.871. The number of hydrogen-bond acceptors (Lipinski definition) is 2. The van der Waals surface area contributed by atoms with E-state index in [-0.39, 0.29) is 5.91 Å². The van der Waals surface area contributed by atoms with E-state index in [0.717, 1.165) is 6.42 Å². The van der Waals surface area contributed by atoms with E-state index in [2.05, 4.69) is 24.4 Å². The number of hydrogen-bond donors (Lipinski definition) is 2. The van der Waals surface area contributed by atoms with Crippen molar-refractivity contribution in [3.05, 3.63) is 64.7 Å². The first-order valence-corrected chi connectivity index (χ1v) is 7.34. The summed E-state index contributed by atoms with van der Waals surface area (Å²) < 4.78 is 0. The monoisotopic (exact) mass is 302 g/mol. The summed E-state index contributed by atoms with van der Waals surface area (Å²) >= 11 is 6.04. The number of rotatable bonds is 5. The molecule has 1 atom stereocenters. The number of benzene rings is 2. The van der Waals surface area contributed by atoms with Crippen LogP contribution in [-0.2, 0) is 0 Å². The topological polar surface area (TPSA) is 55.1 Å². The number of halogens is 1. The average molecular weight is 303 g/mol. The van der Waals surface area contributed by atoms with Gasteiger partial charge in [0, 0.05) is 6.54 Å². The molecule has 0 radical (unpaired) electrons. The molecule has 4 heteroatoms. The van der Waals surface area contributed by atoms with Crippen molar-refractivity contribution in [3.8, 4) is 0 Å². The summed E-state index contributed by atoms with van der Waals surface area (Å²) in [4.78, 5) is 12.1. The Morgan fingerprint density at radius 1 is 1.19 bits per heavy atom. The van der Waals surface area contributed by atoms with E-state index in [0.29, 0.717) is 28.7 Å². The summed E-state index contributed by atoms with van der Waals surface area (Å²) in [5.74, 6) is 0.204. The molecule has 0 fully saturated rings. The molecule has 3 N–H and O–H groups in total. The van der Waals surface area contributed by atoms with Crippen molar-refractivity contribution in [2.45, 2.75) is 19.3 Å². The molecule has 0 spiro atoms. The van der Waals surface area contributed by atoms with E-state index in [1.165, 1.54) is 5.56 Å². The van der Waals surface area contributed by atoms with Crippen LogP contribution >= 0.6 is 11.6 Å². The lowest BCUT2D eigenvalue weighted by atomic mass is 9.98. The average Bonchev–Trinajstić information content (AvgIpc) is 2.50. The Labute approximate surface area is 130 Å². The Balaban J connectivity index is 1.89. The molecule has 0 aliphatic heterocycles. The van der Waals surface area contributed by atoms with Gasteiger partial charge in [-0.1, -0.05) is 54.9 Å². The lowest BCUT2D eigenvalue weighted by molar-refractivity contribution is 0.0953. The molecule has 2 rings (SSSR count). The number of nitrogens with one attached hydrogen (secondary N) is 1. The van der Waals surface area contributed by atoms with Gasteiger partial charge < -0.3 is 11.1 Å². The zero-order chi connectivity index (χ0) is 15.2. The van der Waals surface area contributed by atoms with Crippen molar-refractivity contribution >= 4 is 23.2 Å². The highest BCUT2D eigenvalue weighted by Crippen LogP contribution is 2.23. The number of carbonyl (C=O) groups is 1. The smallest absolute Gasteiger partial charge is 0.252 e. The molecule has 2 aromatic rings. The third kappa shape index (κ3) is 3.99. The number of carbonyl (C=O) groups excluding carboxylic acids is 1. The standard InChI is InChI=1S/C17H19ClN2O/c1-12(13-6-3-2-4-7-13)10-11-20-17(21)14-8-5-9-15(19)16(14)18/h2-9,12H,10-11,19H2,1H3,(H,20,21). The Kier molecular flexibility index (Phi) is 5.23. The molecule has 0 aromatic heterocycles. The van der Waals surface area contributed by atoms with Crippen molar-refractivity contribution in [1.82, 2.24) is 5.32 Å². The van der Waals surface area contributed by atoms with Crippen molar-refractivity contribution in [2.75, 3.05) is 12.3 Å². The molecule has 1 amide bonds. The summed E-state index contributed by atoms with van der Waals surface area (Å²) in [6.45, 7) is 2.75. The molecule has 0 saturated heterocycles. The summed E-state index contributed by atoms with van der Waals surface area (Å²) in [6, 6.07) is 15.3. The van der Waals surface area contributed by atoms with E-state index in [1.807, 2.05) is 18.2 Å². The number of nitrogens with two attached hydrogens (primary N) is 1. The predicted molar refractivity (Wildman–Crippen MR) is 87.7 cm³/mol. The van der Waals surface area contributed by atoms with Gasteiger partial charge >= 0.3 is 0 Å². The first-order valence-electron chi connectivity index (χ1n) is 6.96. The summed E-state index contributed by atoms with van der Waals surface area (Å²) in [5, 5.41) is 3.20. The van der Waals surface area contributed by atoms with Gasteiger partial charge in [0.1, 0.15) is 0 Å². The summed E-state index contributed by atoms with van der Waals surface area (Å²) in [5.41, 5.74) is 7.81. The molecule has 1 unspecified atom stereocenters. The minimum absolute atomic E-state index is 0.187. The molecule has 0 aliphatic carbocycles. The Morgan fingerprint density at radius 2 is 1.90 bits per heavy atom. The predicted octanol–water partition coefficient (Wildman–Crippen LogP) is 3.85. The summed E-state index contributed by atoms with van der Waals surface area (Å²) in [7, 11) is 0. The van der Waals surface area contributed by atoms with Crippen LogP contribution in [0, 0.1) is 0 Å². The van der Waals surface area contributed by atoms with E-state index in [4.69, 9.17) is 17.3 Å². The van der Waals surface area contributed by atoms with Crippen LogP contribution in [0.1, 0.15) is 35.2 Å². The maximum absolute atomic E-state index is 12.1. The third-order valence-electron chi connectivity index (χ3n) is 3.50. The maximum Gasteiger partial charge on any atom is 0.252 e. The van der Waals surface area contributed by atoms with Crippen molar-refractivity contribution < 1.29 is 4.79 Å². The zero-order valence-electron chi connectivity index (χ0n) is 12.0. The van der Waals surface area contributed by atoms with E-state index < -0.39 is 0 Å². The molecule has 0 saturated carbocycles. The highest BCUT2D eigenvalue weighted by atomic mass is 35.5. The number of anilines is 1. The van der Waals surface area contributed by atoms with Gasteiger partial charge in [-0.2, -0.15) is 0 Å². The van der Waals surface area contributed by atoms with Crippen LogP contribution in [0.3, 0.4) is 0 Å². The Morgan fingerprint density at radius 3 is 2.62 bits per heavy atom. The van der Waals surface area contributed by atoms with Gasteiger partial charge in [0.15, 0.2) is 0 Å². The lowest BCUT2D eigenvalue weighted by Crippen LogP contribution is -2.25. The largest absolute Gasteiger partial charge is 0.398 e. The second kappa shape index (κ2) is 7.14. The molecule has 3 nitrogen and oxygen atoms in total. The van der Waals surface area contributed by atoms with Crippen LogP contribution in [0.25, 0.3) is 0 Å². The van der Waals surface area contributed by atoms with Gasteiger partial charge in [-0.3, -0.25) is 4.79 Å². The van der Waals surface area contributed by atoms with Crippen LogP contribution in [0.5, 0.6) is 0 Å². The van der Waals surface area contributed by atoms with Crippen LogP contribution in [0.4, 0.5) is 5.69 Å². The van der Waals surface area contributed by atoms with Crippen molar-refractivity contribution in [1.29, 1.82) is 0 Å². The lowest BCUT2D eigenvalue weighted by Gasteiger charge is -2.13. The first kappa shape index (κ1) is 15.4. The molecule has 2 aromatic carbocycles. The van der Waals surface area contributed by atoms with Gasteiger partial charge in [0.25, 0.3) is 5.91 Å². The van der Waals surface area contributed by atoms with Crippen LogP contribution in [-0.4, -0.2) is 12.5 Å². The van der Waals surface area contributed by atoms with E-state index in [9.17, 15) is 4.79 Å². The minimum Gasteiger partial charge on any atom is -0.398 e. The maximum atomic E-state index is 12.1. The second-order valence-corrected chi connectivity index (χ2v) is 5.44. The second-order valence-electron chi connectivity index (χ2n) is 5.07. The van der Waals surface area contributed by atoms with Crippen LogP contribution < -0.4 is 11.1 Å². The molecular formula is C17H19ClN2O. The molecule has 21 heavy (non-hydrogen) atoms. The Hall–Kier alpha value is -2.00. The Bertz CT molecular complexity index is 613. The number of nitrogen functional groups attached to an aromatic ring is 1. The molecule has 110 valence electrons. The molecule has 0 aliphatic rings. The van der Waals surface area contributed by atoms with Gasteiger partial charge in [-0.25, -0.2) is 0 Å². The van der Waals surface area contributed by atoms with E-state index in [1.54, 1.807) is 18.2 Å². The normalized spacial score (nSPS) is 11.9. The molecular weight excluding hydrogens is 284 g/mol. The number of amides is 1. The van der Waals surface area contributed by atoms with Gasteiger partial charge in [0.05, 0.1) is 16.3 Å². The SMILES string of the molecule is CC(CCNC(=O)c1cccc(N)c1Cl)c1ccccc1. The third-order valence-corrected chi connectivity index (χ3v) is 3.93. The minimum atomic E-state index is -0.187. The zero-order valence-corrected chi connectivity index (χ0v) is 12.7. The fourth-order valence-corrected chi connectivity index (χ4v) is 2.38. The highest BCUT2D eigenvalue weighted by Gasteiger charge is 2.12. The first-order chi connectivity index (χ1) is 10.1. The van der Waals surface area contributed by atoms with Crippen molar-refractivity contribution in [2.24, 2.45) is 0 Å². The van der Waals surface area contributed by atoms with Crippen LogP contribution in [0.15, 0.2) is 48.5 Å². The van der Waals surface area contributed by atoms with Crippen LogP contribution in [0.2, 0.25) is 5.02 Å². The van der Waals surface area contributed by atoms with E-state index >= 15 is 0 Å². The molecule has 0 bridgehead atoms. The fraction of sp³-hybridized carbons (Fsp3) is 0.235. The van der Waals surface area contributed by atoms with Gasteiger partial charge in [-0.05, 0) is 30.0 Å². The quantitative estimate of drug-likeness (QED) is 0.824. The van der Waals surface area contributed by atoms with Gasteiger partial charge in [0.2, 0.25) is 0 Å². The highest BCUT2D eigenvalue weighted by molar-refractivity contribution is 6.36. The molecule has 0 heterocycles. The van der Waals surface area contributed by atoms with Gasteiger partial charge in [-0.15, -0.1) is 0 Å².